The normalized spacial score (nSPS) is 10.4. The Labute approximate surface area is 119 Å². The fraction of sp³-hybridized carbons (Fsp3) is 0.118. The number of rotatable bonds is 6. The summed E-state index contributed by atoms with van der Waals surface area (Å²) in [7, 11) is 1.64. The van der Waals surface area contributed by atoms with Crippen LogP contribution >= 0.6 is 0 Å². The molecule has 0 unspecified atom stereocenters. The molecule has 102 valence electrons. The maximum absolute atomic E-state index is 5.27. The predicted octanol–water partition coefficient (Wildman–Crippen LogP) is 3.89. The molecule has 20 heavy (non-hydrogen) atoms. The minimum absolute atomic E-state index is 0.442. The molecule has 0 aliphatic heterocycles. The quantitative estimate of drug-likeness (QED) is 0.587. The molecule has 0 N–H and O–H groups in total. The Morgan fingerprint density at radius 1 is 1.10 bits per heavy atom. The van der Waals surface area contributed by atoms with Crippen LogP contribution in [-0.2, 0) is 11.4 Å². The van der Waals surface area contributed by atoms with Gasteiger partial charge >= 0.3 is 0 Å². The Morgan fingerprint density at radius 3 is 2.60 bits per heavy atom. The molecule has 0 heterocycles. The van der Waals surface area contributed by atoms with Crippen LogP contribution in [-0.4, -0.2) is 13.3 Å². The Bertz CT molecular complexity index is 588. The van der Waals surface area contributed by atoms with Crippen LogP contribution in [0.1, 0.15) is 16.7 Å². The van der Waals surface area contributed by atoms with Gasteiger partial charge in [0.1, 0.15) is 12.4 Å². The van der Waals surface area contributed by atoms with Crippen molar-refractivity contribution in [3.63, 3.8) is 0 Å². The van der Waals surface area contributed by atoms with Gasteiger partial charge in [0, 0.05) is 0 Å². The van der Waals surface area contributed by atoms with Crippen molar-refractivity contribution >= 4 is 12.3 Å². The summed E-state index contributed by atoms with van der Waals surface area (Å²) in [6, 6.07) is 15.6. The third-order valence-corrected chi connectivity index (χ3v) is 2.82. The minimum Gasteiger partial charge on any atom is -0.497 e. The van der Waals surface area contributed by atoms with Gasteiger partial charge in [-0.05, 0) is 28.8 Å². The van der Waals surface area contributed by atoms with Gasteiger partial charge in [-0.1, -0.05) is 54.2 Å². The highest BCUT2D eigenvalue weighted by Gasteiger charge is 1.94. The summed E-state index contributed by atoms with van der Waals surface area (Å²) in [5.74, 6) is 0.800. The maximum Gasteiger partial charge on any atom is 0.142 e. The molecular weight excluding hydrogens is 250 g/mol. The monoisotopic (exact) mass is 267 g/mol. The molecule has 0 aromatic heterocycles. The van der Waals surface area contributed by atoms with Gasteiger partial charge in [0.2, 0.25) is 0 Å². The van der Waals surface area contributed by atoms with Gasteiger partial charge in [-0.3, -0.25) is 0 Å². The molecule has 2 aromatic rings. The summed E-state index contributed by atoms with van der Waals surface area (Å²) in [6.45, 7) is 4.16. The molecule has 0 aliphatic carbocycles. The molecule has 0 fully saturated rings. The van der Waals surface area contributed by atoms with Gasteiger partial charge in [-0.2, -0.15) is 0 Å². The van der Waals surface area contributed by atoms with Gasteiger partial charge in [0.15, 0.2) is 0 Å². The molecule has 0 aliphatic rings. The first kappa shape index (κ1) is 13.9. The number of benzene rings is 2. The third kappa shape index (κ3) is 3.99. The van der Waals surface area contributed by atoms with Crippen LogP contribution in [0.2, 0.25) is 0 Å². The SMILES string of the molecule is C=Cc1ccc(CON=Cc2cccc(OC)c2)cc1. The average molecular weight is 267 g/mol. The number of ether oxygens (including phenoxy) is 1. The molecule has 3 nitrogen and oxygen atoms in total. The van der Waals surface area contributed by atoms with E-state index in [0.29, 0.717) is 6.61 Å². The Hall–Kier alpha value is -2.55. The lowest BCUT2D eigenvalue weighted by atomic mass is 10.1. The van der Waals surface area contributed by atoms with Crippen LogP contribution in [0.4, 0.5) is 0 Å². The fourth-order valence-corrected chi connectivity index (χ4v) is 1.68. The molecule has 0 saturated carbocycles. The summed E-state index contributed by atoms with van der Waals surface area (Å²) < 4.78 is 5.14. The zero-order valence-corrected chi connectivity index (χ0v) is 11.5. The largest absolute Gasteiger partial charge is 0.497 e. The van der Waals surface area contributed by atoms with E-state index in [2.05, 4.69) is 11.7 Å². The Balaban J connectivity index is 1.87. The first-order valence-electron chi connectivity index (χ1n) is 6.32. The van der Waals surface area contributed by atoms with Gasteiger partial charge in [0.25, 0.3) is 0 Å². The number of nitrogens with zero attached hydrogens (tertiary/aromatic N) is 1. The molecule has 0 bridgehead atoms. The lowest BCUT2D eigenvalue weighted by Gasteiger charge is -2.01. The van der Waals surface area contributed by atoms with E-state index in [1.165, 1.54) is 0 Å². The van der Waals surface area contributed by atoms with Crippen LogP contribution in [0, 0.1) is 0 Å². The predicted molar refractivity (Wildman–Crippen MR) is 81.9 cm³/mol. The maximum atomic E-state index is 5.27. The van der Waals surface area contributed by atoms with Crippen LogP contribution in [0.25, 0.3) is 6.08 Å². The molecule has 0 spiro atoms. The zero-order chi connectivity index (χ0) is 14.2. The highest BCUT2D eigenvalue weighted by Crippen LogP contribution is 2.11. The summed E-state index contributed by atoms with van der Waals surface area (Å²) >= 11 is 0. The molecule has 0 radical (unpaired) electrons. The molecule has 0 amide bonds. The standard InChI is InChI=1S/C17H17NO2/c1-3-14-7-9-15(10-8-14)13-20-18-12-16-5-4-6-17(11-16)19-2/h3-12H,1,13H2,2H3. The van der Waals surface area contributed by atoms with Crippen molar-refractivity contribution in [2.75, 3.05) is 7.11 Å². The Morgan fingerprint density at radius 2 is 1.90 bits per heavy atom. The molecule has 0 atom stereocenters. The summed E-state index contributed by atoms with van der Waals surface area (Å²) in [4.78, 5) is 5.27. The molecule has 2 rings (SSSR count). The topological polar surface area (TPSA) is 30.8 Å². The van der Waals surface area contributed by atoms with E-state index in [4.69, 9.17) is 9.57 Å². The van der Waals surface area contributed by atoms with Gasteiger partial charge in [-0.15, -0.1) is 0 Å². The second-order valence-electron chi connectivity index (χ2n) is 4.23. The zero-order valence-electron chi connectivity index (χ0n) is 11.5. The van der Waals surface area contributed by atoms with Crippen molar-refractivity contribution in [2.24, 2.45) is 5.16 Å². The highest BCUT2D eigenvalue weighted by atomic mass is 16.6. The molecule has 3 heteroatoms. The second-order valence-corrected chi connectivity index (χ2v) is 4.23. The van der Waals surface area contributed by atoms with E-state index in [0.717, 1.165) is 22.4 Å². The summed E-state index contributed by atoms with van der Waals surface area (Å²) in [5.41, 5.74) is 3.10. The third-order valence-electron chi connectivity index (χ3n) is 2.82. The van der Waals surface area contributed by atoms with Gasteiger partial charge < -0.3 is 9.57 Å². The van der Waals surface area contributed by atoms with E-state index in [1.807, 2.05) is 54.6 Å². The number of hydrogen-bond acceptors (Lipinski definition) is 3. The number of hydrogen-bond donors (Lipinski definition) is 0. The highest BCUT2D eigenvalue weighted by molar-refractivity contribution is 5.79. The van der Waals surface area contributed by atoms with E-state index in [9.17, 15) is 0 Å². The van der Waals surface area contributed by atoms with Crippen LogP contribution in [0.5, 0.6) is 5.75 Å². The summed E-state index contributed by atoms with van der Waals surface area (Å²) in [5, 5.41) is 3.95. The van der Waals surface area contributed by atoms with Gasteiger partial charge in [-0.25, -0.2) is 0 Å². The van der Waals surface area contributed by atoms with Crippen molar-refractivity contribution in [2.45, 2.75) is 6.61 Å². The van der Waals surface area contributed by atoms with Crippen molar-refractivity contribution in [1.29, 1.82) is 0 Å². The second kappa shape index (κ2) is 7.14. The number of oxime groups is 1. The fourth-order valence-electron chi connectivity index (χ4n) is 1.68. The van der Waals surface area contributed by atoms with Crippen molar-refractivity contribution < 1.29 is 9.57 Å². The van der Waals surface area contributed by atoms with E-state index in [1.54, 1.807) is 13.3 Å². The van der Waals surface area contributed by atoms with Crippen molar-refractivity contribution in [3.8, 4) is 5.75 Å². The van der Waals surface area contributed by atoms with Gasteiger partial charge in [0.05, 0.1) is 13.3 Å². The number of methoxy groups -OCH3 is 1. The molecule has 2 aromatic carbocycles. The Kier molecular flexibility index (Phi) is 4.95. The minimum atomic E-state index is 0.442. The van der Waals surface area contributed by atoms with E-state index in [-0.39, 0.29) is 0 Å². The van der Waals surface area contributed by atoms with Crippen molar-refractivity contribution in [1.82, 2.24) is 0 Å². The van der Waals surface area contributed by atoms with E-state index >= 15 is 0 Å². The van der Waals surface area contributed by atoms with Crippen molar-refractivity contribution in [3.05, 3.63) is 71.8 Å². The van der Waals surface area contributed by atoms with E-state index < -0.39 is 0 Å². The van der Waals surface area contributed by atoms with Crippen LogP contribution in [0.3, 0.4) is 0 Å². The first-order valence-corrected chi connectivity index (χ1v) is 6.32. The lowest BCUT2D eigenvalue weighted by molar-refractivity contribution is 0.132. The molecule has 0 saturated heterocycles. The molecular formula is C17H17NO2. The summed E-state index contributed by atoms with van der Waals surface area (Å²) in [6.07, 6.45) is 3.48. The first-order chi connectivity index (χ1) is 9.81. The van der Waals surface area contributed by atoms with Crippen LogP contribution in [0.15, 0.2) is 60.3 Å². The lowest BCUT2D eigenvalue weighted by Crippen LogP contribution is -1.89. The smallest absolute Gasteiger partial charge is 0.142 e. The average Bonchev–Trinajstić information content (AvgIpc) is 2.52. The van der Waals surface area contributed by atoms with Crippen LogP contribution < -0.4 is 4.74 Å².